The van der Waals surface area contributed by atoms with Crippen LogP contribution in [-0.4, -0.2) is 211 Å². The molecule has 1 aromatic rings. The van der Waals surface area contributed by atoms with Crippen molar-refractivity contribution < 1.29 is 33.6 Å². The first kappa shape index (κ1) is 56.0. The molecule has 21 heteroatoms. The van der Waals surface area contributed by atoms with Crippen LogP contribution in [0.4, 0.5) is 0 Å². The average molecular weight is 911 g/mol. The molecule has 0 spiro atoms. The Morgan fingerprint density at radius 3 is 1.37 bits per heavy atom. The normalized spacial score (nSPS) is 12.2. The Bertz CT molecular complexity index is 1460. The molecule has 1 heterocycles. The lowest BCUT2D eigenvalue weighted by Gasteiger charge is -2.25. The van der Waals surface area contributed by atoms with E-state index in [-0.39, 0.29) is 80.6 Å². The van der Waals surface area contributed by atoms with Gasteiger partial charge < -0.3 is 56.4 Å². The molecule has 0 saturated carbocycles. The van der Waals surface area contributed by atoms with Gasteiger partial charge >= 0.3 is 0 Å². The number of hydrogen-bond acceptors (Lipinski definition) is 14. The number of likely N-dealkylation sites (N-methyl/N-ethyl adjacent to an activating group) is 4. The van der Waals surface area contributed by atoms with E-state index in [9.17, 15) is 33.6 Å². The van der Waals surface area contributed by atoms with Crippen molar-refractivity contribution in [3.05, 3.63) is 24.0 Å². The highest BCUT2D eigenvalue weighted by Gasteiger charge is 2.24. The topological polar surface area (TPSA) is 221 Å². The molecule has 0 saturated heterocycles. The summed E-state index contributed by atoms with van der Waals surface area (Å²) in [6.07, 6.45) is 9.18. The average Bonchev–Trinajstić information content (AvgIpc) is 3.17. The molecule has 1 aromatic heterocycles. The number of nitrogens with one attached hydrogen (secondary N) is 6. The summed E-state index contributed by atoms with van der Waals surface area (Å²) in [6.45, 7) is 2.81. The quantitative estimate of drug-likeness (QED) is 0.0394. The van der Waals surface area contributed by atoms with E-state index in [4.69, 9.17) is 0 Å². The Morgan fingerprint density at radius 2 is 0.968 bits per heavy atom. The third kappa shape index (κ3) is 26.5. The summed E-state index contributed by atoms with van der Waals surface area (Å²) in [5, 5.41) is 17.3. The first-order chi connectivity index (χ1) is 29.4. The summed E-state index contributed by atoms with van der Waals surface area (Å²) in [4.78, 5) is 104. The molecule has 0 bridgehead atoms. The molecule has 0 aromatic carbocycles. The molecule has 352 valence electrons. The Balaban J connectivity index is 2.95. The molecule has 2 atom stereocenters. The predicted molar refractivity (Wildman–Crippen MR) is 247 cm³/mol. The maximum absolute atomic E-state index is 14.0. The van der Waals surface area contributed by atoms with E-state index < -0.39 is 12.1 Å². The molecule has 0 aliphatic carbocycles. The Morgan fingerprint density at radius 1 is 0.565 bits per heavy atom. The van der Waals surface area contributed by atoms with E-state index in [0.29, 0.717) is 83.1 Å². The number of unbranched alkanes of at least 4 members (excludes halogenated alkanes) is 2. The molecule has 0 aliphatic heterocycles. The van der Waals surface area contributed by atoms with Gasteiger partial charge in [-0.15, -0.1) is 0 Å². The van der Waals surface area contributed by atoms with Gasteiger partial charge in [0.15, 0.2) is 0 Å². The molecule has 6 N–H and O–H groups in total. The molecule has 62 heavy (non-hydrogen) atoms. The number of aromatic nitrogens is 1. The fourth-order valence-electron chi connectivity index (χ4n) is 6.08. The van der Waals surface area contributed by atoms with Crippen molar-refractivity contribution in [2.24, 2.45) is 0 Å². The monoisotopic (exact) mass is 911 g/mol. The lowest BCUT2D eigenvalue weighted by atomic mass is 10.1. The van der Waals surface area contributed by atoms with Crippen LogP contribution in [0.3, 0.4) is 0 Å². The van der Waals surface area contributed by atoms with Crippen LogP contribution in [0.25, 0.3) is 0 Å². The van der Waals surface area contributed by atoms with Crippen LogP contribution in [0.5, 0.6) is 0 Å². The second-order valence-electron chi connectivity index (χ2n) is 16.1. The number of pyridine rings is 1. The van der Waals surface area contributed by atoms with Gasteiger partial charge in [-0.25, -0.2) is 0 Å². The van der Waals surface area contributed by atoms with Gasteiger partial charge in [0.05, 0.1) is 31.7 Å². The lowest BCUT2D eigenvalue weighted by molar-refractivity contribution is -0.129. The van der Waals surface area contributed by atoms with Crippen LogP contribution < -0.4 is 31.9 Å². The molecule has 19 nitrogen and oxygen atoms in total. The van der Waals surface area contributed by atoms with Crippen molar-refractivity contribution >= 4 is 62.9 Å². The van der Waals surface area contributed by atoms with Gasteiger partial charge in [-0.3, -0.25) is 38.5 Å². The number of carbonyl (C=O) groups is 7. The zero-order valence-corrected chi connectivity index (χ0v) is 40.1. The van der Waals surface area contributed by atoms with Crippen LogP contribution in [0, 0.1) is 0 Å². The molecule has 1 rings (SSSR count). The summed E-state index contributed by atoms with van der Waals surface area (Å²) in [7, 11) is 17.3. The largest absolute Gasteiger partial charge is 0.355 e. The SMILES string of the molecule is CSSc1ccncc1C(=O)N(CCCNC(=O)[C@H](CCCCNC(=O)CN(C)C)NC(=O)CN(C)C)CCCNC(=O)[C@H](CCCCNC(=O)CN(C)C)NC(=O)CN(C)C. The summed E-state index contributed by atoms with van der Waals surface area (Å²) in [5.74, 6) is -1.62. The summed E-state index contributed by atoms with van der Waals surface area (Å²) < 4.78 is 0. The minimum Gasteiger partial charge on any atom is -0.355 e. The van der Waals surface area contributed by atoms with Gasteiger partial charge in [0.25, 0.3) is 5.91 Å². The molecular weight excluding hydrogens is 837 g/mol. The highest BCUT2D eigenvalue weighted by molar-refractivity contribution is 8.76. The molecule has 0 unspecified atom stereocenters. The molecule has 7 amide bonds. The lowest BCUT2D eigenvalue weighted by Crippen LogP contribution is -2.49. The smallest absolute Gasteiger partial charge is 0.256 e. The van der Waals surface area contributed by atoms with Gasteiger partial charge in [0.1, 0.15) is 12.1 Å². The first-order valence-electron chi connectivity index (χ1n) is 21.1. The molecule has 0 radical (unpaired) electrons. The predicted octanol–water partition coefficient (Wildman–Crippen LogP) is -0.304. The number of amides is 7. The van der Waals surface area contributed by atoms with Crippen LogP contribution >= 0.6 is 21.6 Å². The fourth-order valence-corrected chi connectivity index (χ4v) is 7.58. The zero-order chi connectivity index (χ0) is 46.5. The third-order valence-electron chi connectivity index (χ3n) is 8.91. The van der Waals surface area contributed by atoms with Crippen molar-refractivity contribution in [3.8, 4) is 0 Å². The van der Waals surface area contributed by atoms with Crippen LogP contribution in [0.1, 0.15) is 61.7 Å². The van der Waals surface area contributed by atoms with Gasteiger partial charge in [0, 0.05) is 56.6 Å². The molecule has 0 fully saturated rings. The second kappa shape index (κ2) is 32.6. The van der Waals surface area contributed by atoms with Gasteiger partial charge in [-0.2, -0.15) is 0 Å². The first-order valence-corrected chi connectivity index (χ1v) is 23.7. The van der Waals surface area contributed by atoms with Crippen molar-refractivity contribution in [3.63, 3.8) is 0 Å². The Hall–Kier alpha value is -4.02. The van der Waals surface area contributed by atoms with Crippen molar-refractivity contribution in [1.29, 1.82) is 0 Å². The van der Waals surface area contributed by atoms with E-state index in [1.54, 1.807) is 71.2 Å². The molecule has 0 aliphatic rings. The van der Waals surface area contributed by atoms with E-state index in [2.05, 4.69) is 36.9 Å². The van der Waals surface area contributed by atoms with Crippen molar-refractivity contribution in [2.45, 2.75) is 68.3 Å². The standard InChI is InChI=1S/C41H74N12O7S2/c1-49(2)27-35(54)43-19-12-10-16-32(47-37(56)29-51(5)6)39(58)45-21-14-24-53(41(60)31-26-42-23-18-34(31)62-61-9)25-15-22-46-40(59)33(48-38(57)30-52(7)8)17-11-13-20-44-36(55)28-50(3)4/h18,23,26,32-33H,10-17,19-22,24-25,27-30H2,1-9H3,(H,43,54)(H,44,55)(H,45,58)(H,46,59)(H,47,56)(H,48,57)/t32-,33-/m0/s1. The summed E-state index contributed by atoms with van der Waals surface area (Å²) in [5.41, 5.74) is 0.447. The van der Waals surface area contributed by atoms with Crippen LogP contribution in [0.2, 0.25) is 0 Å². The highest BCUT2D eigenvalue weighted by Crippen LogP contribution is 2.31. The van der Waals surface area contributed by atoms with E-state index in [1.807, 2.05) is 34.4 Å². The maximum Gasteiger partial charge on any atom is 0.256 e. The van der Waals surface area contributed by atoms with Gasteiger partial charge in [-0.1, -0.05) is 21.6 Å². The number of carbonyl (C=O) groups excluding carboxylic acids is 7. The van der Waals surface area contributed by atoms with Gasteiger partial charge in [0.2, 0.25) is 35.4 Å². The Labute approximate surface area is 377 Å². The number of hydrogen-bond donors (Lipinski definition) is 6. The van der Waals surface area contributed by atoms with Crippen molar-refractivity contribution in [2.75, 3.05) is 128 Å². The number of rotatable bonds is 33. The minimum atomic E-state index is -0.770. The Kier molecular flexibility index (Phi) is 29.5. The van der Waals surface area contributed by atoms with Crippen molar-refractivity contribution in [1.82, 2.24) is 61.4 Å². The third-order valence-corrected chi connectivity index (χ3v) is 10.6. The van der Waals surface area contributed by atoms with Gasteiger partial charge in [-0.05, 0) is 120 Å². The second-order valence-corrected chi connectivity index (χ2v) is 18.5. The highest BCUT2D eigenvalue weighted by atomic mass is 33.1. The van der Waals surface area contributed by atoms with E-state index >= 15 is 0 Å². The van der Waals surface area contributed by atoms with Crippen LogP contribution in [0.15, 0.2) is 23.4 Å². The summed E-state index contributed by atoms with van der Waals surface area (Å²) in [6, 6.07) is 0.249. The minimum absolute atomic E-state index is 0.0828. The fraction of sp³-hybridized carbons (Fsp3) is 0.707. The van der Waals surface area contributed by atoms with Crippen LogP contribution in [-0.2, 0) is 28.8 Å². The van der Waals surface area contributed by atoms with E-state index in [0.717, 1.165) is 4.90 Å². The zero-order valence-electron chi connectivity index (χ0n) is 38.5. The summed E-state index contributed by atoms with van der Waals surface area (Å²) >= 11 is 0. The maximum atomic E-state index is 14.0. The number of nitrogens with zero attached hydrogens (tertiary/aromatic N) is 6. The van der Waals surface area contributed by atoms with E-state index in [1.165, 1.54) is 21.6 Å². The molecular formula is C41H74N12O7S2.